The van der Waals surface area contributed by atoms with Crippen LogP contribution < -0.4 is 0 Å². The zero-order valence-electron chi connectivity index (χ0n) is 17.5. The van der Waals surface area contributed by atoms with E-state index in [0.717, 1.165) is 6.07 Å². The van der Waals surface area contributed by atoms with Gasteiger partial charge in [-0.3, -0.25) is 0 Å². The molecule has 0 unspecified atom stereocenters. The lowest BCUT2D eigenvalue weighted by Crippen LogP contribution is -2.11. The van der Waals surface area contributed by atoms with Crippen molar-refractivity contribution in [3.8, 4) is 6.07 Å². The summed E-state index contributed by atoms with van der Waals surface area (Å²) in [6.45, 7) is -0.0461. The first-order chi connectivity index (χ1) is 16.2. The van der Waals surface area contributed by atoms with E-state index < -0.39 is 17.7 Å². The number of hydrogen-bond donors (Lipinski definition) is 1. The second kappa shape index (κ2) is 9.08. The molecular weight excluding hydrogens is 465 g/mol. The summed E-state index contributed by atoms with van der Waals surface area (Å²) in [4.78, 5) is 11.1. The lowest BCUT2D eigenvalue weighted by molar-refractivity contribution is -0.138. The molecule has 0 saturated carbocycles. The smallest absolute Gasteiger partial charge is 0.416 e. The Hall–Kier alpha value is -4.02. The van der Waals surface area contributed by atoms with Crippen molar-refractivity contribution in [2.45, 2.75) is 12.7 Å². The van der Waals surface area contributed by atoms with E-state index in [-0.39, 0.29) is 23.2 Å². The maximum atomic E-state index is 13.5. The van der Waals surface area contributed by atoms with Crippen LogP contribution in [0.4, 0.5) is 13.2 Å². The first-order valence-electron chi connectivity index (χ1n) is 10.1. The van der Waals surface area contributed by atoms with E-state index in [4.69, 9.17) is 16.7 Å². The molecule has 4 nitrogen and oxygen atoms in total. The van der Waals surface area contributed by atoms with Gasteiger partial charge in [0.2, 0.25) is 0 Å². The van der Waals surface area contributed by atoms with Crippen molar-refractivity contribution < 1.29 is 23.1 Å². The zero-order valence-corrected chi connectivity index (χ0v) is 18.2. The van der Waals surface area contributed by atoms with Crippen LogP contribution in [-0.2, 0) is 12.7 Å². The van der Waals surface area contributed by atoms with Gasteiger partial charge in [-0.25, -0.2) is 4.79 Å². The quantitative estimate of drug-likeness (QED) is 0.309. The van der Waals surface area contributed by atoms with Gasteiger partial charge in [-0.15, -0.1) is 0 Å². The number of rotatable bonds is 5. The Morgan fingerprint density at radius 3 is 2.38 bits per heavy atom. The van der Waals surface area contributed by atoms with Crippen LogP contribution in [0.15, 0.2) is 72.9 Å². The Balaban J connectivity index is 1.82. The minimum atomic E-state index is -4.49. The fraction of sp³-hybridized carbons (Fsp3) is 0.0769. The number of carbonyl (C=O) groups is 1. The summed E-state index contributed by atoms with van der Waals surface area (Å²) in [5.41, 5.74) is 1.52. The molecule has 1 aromatic heterocycles. The second-order valence-electron chi connectivity index (χ2n) is 7.58. The van der Waals surface area contributed by atoms with Crippen molar-refractivity contribution in [2.75, 3.05) is 0 Å². The number of halogens is 4. The normalized spacial score (nSPS) is 12.0. The van der Waals surface area contributed by atoms with E-state index in [9.17, 15) is 23.2 Å². The van der Waals surface area contributed by atoms with Gasteiger partial charge in [-0.1, -0.05) is 48.0 Å². The molecule has 34 heavy (non-hydrogen) atoms. The Labute approximate surface area is 197 Å². The molecule has 0 bridgehead atoms. The third kappa shape index (κ3) is 4.68. The van der Waals surface area contributed by atoms with Crippen LogP contribution in [0.2, 0.25) is 5.02 Å². The average molecular weight is 481 g/mol. The van der Waals surface area contributed by atoms with Crippen LogP contribution in [0.5, 0.6) is 0 Å². The van der Waals surface area contributed by atoms with Gasteiger partial charge in [0.15, 0.2) is 0 Å². The van der Waals surface area contributed by atoms with Crippen LogP contribution in [0.3, 0.4) is 0 Å². The number of aromatic nitrogens is 1. The molecule has 0 fully saturated rings. The van der Waals surface area contributed by atoms with Crippen molar-refractivity contribution in [1.82, 2.24) is 4.57 Å². The molecule has 0 atom stereocenters. The predicted octanol–water partition coefficient (Wildman–Crippen LogP) is 7.12. The number of fused-ring (bicyclic) bond motifs is 1. The molecule has 0 aliphatic heterocycles. The van der Waals surface area contributed by atoms with E-state index in [0.29, 0.717) is 27.1 Å². The molecule has 0 aliphatic rings. The first kappa shape index (κ1) is 23.1. The Morgan fingerprint density at radius 1 is 1.06 bits per heavy atom. The average Bonchev–Trinajstić information content (AvgIpc) is 3.13. The summed E-state index contributed by atoms with van der Waals surface area (Å²) in [7, 11) is 0. The highest BCUT2D eigenvalue weighted by molar-refractivity contribution is 6.31. The van der Waals surface area contributed by atoms with Gasteiger partial charge in [0.25, 0.3) is 0 Å². The molecule has 4 aromatic rings. The van der Waals surface area contributed by atoms with Gasteiger partial charge in [-0.05, 0) is 47.5 Å². The van der Waals surface area contributed by atoms with Crippen LogP contribution in [0, 0.1) is 11.3 Å². The summed E-state index contributed by atoms with van der Waals surface area (Å²) >= 11 is 6.17. The maximum absolute atomic E-state index is 13.5. The molecule has 0 radical (unpaired) electrons. The molecule has 0 aliphatic carbocycles. The zero-order chi connectivity index (χ0) is 24.5. The number of nitriles is 1. The molecule has 170 valence electrons. The van der Waals surface area contributed by atoms with E-state index in [1.807, 2.05) is 0 Å². The summed E-state index contributed by atoms with van der Waals surface area (Å²) < 4.78 is 42.2. The first-order valence-corrected chi connectivity index (χ1v) is 10.4. The second-order valence-corrected chi connectivity index (χ2v) is 8.02. The van der Waals surface area contributed by atoms with Crippen molar-refractivity contribution in [2.24, 2.45) is 0 Å². The summed E-state index contributed by atoms with van der Waals surface area (Å²) in [5, 5.41) is 19.9. The van der Waals surface area contributed by atoms with Crippen LogP contribution in [-0.4, -0.2) is 15.6 Å². The van der Waals surface area contributed by atoms with Crippen LogP contribution >= 0.6 is 11.6 Å². The largest absolute Gasteiger partial charge is 0.478 e. The third-order valence-electron chi connectivity index (χ3n) is 5.40. The Morgan fingerprint density at radius 2 is 1.74 bits per heavy atom. The molecule has 4 rings (SSSR count). The molecule has 0 saturated heterocycles. The standard InChI is InChI=1S/C26H16ClF3N2O2/c27-21-9-10-22-20(11-19(13-31)16-5-7-17(8-6-16)25(33)34)15-32(24(22)12-21)14-18-3-1-2-4-23(18)26(28,29)30/h1-12,15H,14H2,(H,33,34). The van der Waals surface area contributed by atoms with Gasteiger partial charge in [0, 0.05) is 28.7 Å². The molecule has 1 N–H and O–H groups in total. The summed E-state index contributed by atoms with van der Waals surface area (Å²) in [6, 6.07) is 18.4. The third-order valence-corrected chi connectivity index (χ3v) is 5.64. The lowest BCUT2D eigenvalue weighted by atomic mass is 10.0. The highest BCUT2D eigenvalue weighted by atomic mass is 35.5. The van der Waals surface area contributed by atoms with E-state index in [1.54, 1.807) is 41.1 Å². The number of allylic oxidation sites excluding steroid dienone is 1. The van der Waals surface area contributed by atoms with Crippen molar-refractivity contribution in [3.05, 3.63) is 106 Å². The van der Waals surface area contributed by atoms with Gasteiger partial charge < -0.3 is 9.67 Å². The van der Waals surface area contributed by atoms with E-state index in [1.165, 1.54) is 36.4 Å². The monoisotopic (exact) mass is 480 g/mol. The van der Waals surface area contributed by atoms with Crippen molar-refractivity contribution >= 4 is 40.1 Å². The Kier molecular flexibility index (Phi) is 6.18. The molecule has 0 amide bonds. The number of benzene rings is 3. The topological polar surface area (TPSA) is 66.0 Å². The predicted molar refractivity (Wildman–Crippen MR) is 124 cm³/mol. The van der Waals surface area contributed by atoms with Gasteiger partial charge >= 0.3 is 12.1 Å². The molecule has 8 heteroatoms. The SMILES string of the molecule is N#CC(=Cc1cn(Cc2ccccc2C(F)(F)F)c2cc(Cl)ccc12)c1ccc(C(=O)O)cc1. The molecule has 3 aromatic carbocycles. The van der Waals surface area contributed by atoms with Gasteiger partial charge in [-0.2, -0.15) is 18.4 Å². The fourth-order valence-electron chi connectivity index (χ4n) is 3.79. The number of aromatic carboxylic acids is 1. The number of carboxylic acids is 1. The van der Waals surface area contributed by atoms with E-state index >= 15 is 0 Å². The molecular formula is C26H16ClF3N2O2. The van der Waals surface area contributed by atoms with Crippen molar-refractivity contribution in [3.63, 3.8) is 0 Å². The van der Waals surface area contributed by atoms with Crippen LogP contribution in [0.25, 0.3) is 22.6 Å². The fourth-order valence-corrected chi connectivity index (χ4v) is 3.95. The minimum Gasteiger partial charge on any atom is -0.478 e. The molecule has 0 spiro atoms. The lowest BCUT2D eigenvalue weighted by Gasteiger charge is -2.14. The molecule has 1 heterocycles. The number of hydrogen-bond acceptors (Lipinski definition) is 2. The summed E-state index contributed by atoms with van der Waals surface area (Å²) in [6.07, 6.45) is -1.19. The Bertz CT molecular complexity index is 1460. The highest BCUT2D eigenvalue weighted by Crippen LogP contribution is 2.34. The van der Waals surface area contributed by atoms with Gasteiger partial charge in [0.1, 0.15) is 0 Å². The minimum absolute atomic E-state index is 0.0461. The number of carboxylic acid groups (broad SMARTS) is 1. The van der Waals surface area contributed by atoms with Crippen LogP contribution in [0.1, 0.15) is 32.6 Å². The van der Waals surface area contributed by atoms with Crippen molar-refractivity contribution in [1.29, 1.82) is 5.26 Å². The maximum Gasteiger partial charge on any atom is 0.416 e. The van der Waals surface area contributed by atoms with Gasteiger partial charge in [0.05, 0.1) is 28.3 Å². The number of nitrogens with zero attached hydrogens (tertiary/aromatic N) is 2. The van der Waals surface area contributed by atoms with E-state index in [2.05, 4.69) is 6.07 Å². The summed E-state index contributed by atoms with van der Waals surface area (Å²) in [5.74, 6) is -1.08. The highest BCUT2D eigenvalue weighted by Gasteiger charge is 2.33. The number of alkyl halides is 3.